The molecule has 0 spiro atoms. The molecule has 0 heterocycles. The third-order valence-electron chi connectivity index (χ3n) is 5.01. The normalized spacial score (nSPS) is 24.0. The average Bonchev–Trinajstić information content (AvgIpc) is 2.74. The Balaban J connectivity index is 1.92. The van der Waals surface area contributed by atoms with Gasteiger partial charge in [-0.25, -0.2) is 13.1 Å². The molecule has 0 unspecified atom stereocenters. The minimum Gasteiger partial charge on any atom is -0.481 e. The molecule has 0 amide bonds. The van der Waals surface area contributed by atoms with Gasteiger partial charge in [0.1, 0.15) is 4.90 Å². The monoisotopic (exact) mass is 385 g/mol. The highest BCUT2D eigenvalue weighted by Gasteiger charge is 2.34. The summed E-state index contributed by atoms with van der Waals surface area (Å²) in [5.41, 5.74) is 1.15. The number of benzene rings is 1. The maximum atomic E-state index is 12.8. The van der Waals surface area contributed by atoms with Gasteiger partial charge in [-0.2, -0.15) is 0 Å². The first kappa shape index (κ1) is 18.4. The molecule has 0 bridgehead atoms. The van der Waals surface area contributed by atoms with Crippen LogP contribution in [0.15, 0.2) is 17.0 Å². The average molecular weight is 386 g/mol. The molecule has 1 fully saturated rings. The summed E-state index contributed by atoms with van der Waals surface area (Å²) in [5, 5.41) is 9.47. The van der Waals surface area contributed by atoms with Crippen molar-refractivity contribution in [2.75, 3.05) is 0 Å². The van der Waals surface area contributed by atoms with Gasteiger partial charge >= 0.3 is 5.97 Å². The third-order valence-corrected chi connectivity index (χ3v) is 6.96. The van der Waals surface area contributed by atoms with E-state index in [0.29, 0.717) is 31.2 Å². The van der Waals surface area contributed by atoms with E-state index < -0.39 is 28.0 Å². The molecule has 2 aliphatic carbocycles. The Morgan fingerprint density at radius 1 is 1.16 bits per heavy atom. The first-order valence-corrected chi connectivity index (χ1v) is 10.3. The van der Waals surface area contributed by atoms with Crippen LogP contribution in [0.2, 0.25) is 5.02 Å². The summed E-state index contributed by atoms with van der Waals surface area (Å²) in [6, 6.07) is 2.17. The van der Waals surface area contributed by atoms with E-state index in [1.807, 2.05) is 0 Å². The lowest BCUT2D eigenvalue weighted by molar-refractivity contribution is -0.142. The molecular formula is C17H20ClNO5S. The lowest BCUT2D eigenvalue weighted by Gasteiger charge is -2.23. The predicted octanol–water partition coefficient (Wildman–Crippen LogP) is 2.78. The summed E-state index contributed by atoms with van der Waals surface area (Å²) in [4.78, 5) is 23.2. The molecule has 0 aromatic heterocycles. The van der Waals surface area contributed by atoms with Gasteiger partial charge in [0, 0.05) is 18.0 Å². The van der Waals surface area contributed by atoms with Gasteiger partial charge in [0.25, 0.3) is 0 Å². The van der Waals surface area contributed by atoms with E-state index >= 15 is 0 Å². The largest absolute Gasteiger partial charge is 0.481 e. The molecule has 0 saturated heterocycles. The highest BCUT2D eigenvalue weighted by molar-refractivity contribution is 7.89. The predicted molar refractivity (Wildman–Crippen MR) is 92.4 cm³/mol. The fourth-order valence-electron chi connectivity index (χ4n) is 3.66. The number of nitrogens with one attached hydrogen (secondary N) is 1. The van der Waals surface area contributed by atoms with Crippen LogP contribution in [0.5, 0.6) is 0 Å². The second kappa shape index (κ2) is 7.05. The van der Waals surface area contributed by atoms with E-state index in [0.717, 1.165) is 24.8 Å². The molecular weight excluding hydrogens is 366 g/mol. The lowest BCUT2D eigenvalue weighted by atomic mass is 9.96. The molecule has 1 aromatic carbocycles. The summed E-state index contributed by atoms with van der Waals surface area (Å²) in [5.74, 6) is -1.85. The fourth-order valence-corrected chi connectivity index (χ4v) is 5.54. The number of carbonyl (C=O) groups is 2. The van der Waals surface area contributed by atoms with E-state index in [1.165, 1.54) is 12.1 Å². The van der Waals surface area contributed by atoms with Crippen molar-refractivity contribution in [3.63, 3.8) is 0 Å². The summed E-state index contributed by atoms with van der Waals surface area (Å²) in [6.07, 6.45) is 4.25. The Morgan fingerprint density at radius 2 is 1.88 bits per heavy atom. The van der Waals surface area contributed by atoms with Crippen LogP contribution in [-0.2, 0) is 21.2 Å². The van der Waals surface area contributed by atoms with Crippen LogP contribution in [0.1, 0.15) is 54.4 Å². The molecule has 2 atom stereocenters. The van der Waals surface area contributed by atoms with Gasteiger partial charge < -0.3 is 5.11 Å². The van der Waals surface area contributed by atoms with E-state index in [2.05, 4.69) is 4.72 Å². The number of carboxylic acid groups (broad SMARTS) is 1. The van der Waals surface area contributed by atoms with Crippen LogP contribution in [0.3, 0.4) is 0 Å². The second-order valence-corrected chi connectivity index (χ2v) is 8.76. The molecule has 136 valence electrons. The zero-order valence-electron chi connectivity index (χ0n) is 13.6. The smallest absolute Gasteiger partial charge is 0.308 e. The van der Waals surface area contributed by atoms with Gasteiger partial charge in [0.15, 0.2) is 5.78 Å². The molecule has 2 aliphatic rings. The fraction of sp³-hybridized carbons (Fsp3) is 0.529. The van der Waals surface area contributed by atoms with Gasteiger partial charge in [-0.3, -0.25) is 9.59 Å². The standard InChI is InChI=1S/C17H20ClNO5S/c18-13-8-10-6-7-15(20)12(10)9-16(13)25(23,24)19-14-5-3-1-2-4-11(14)17(21)22/h8-9,11,14,19H,1-7H2,(H,21,22)/t11-,14+/m1/s1. The van der Waals surface area contributed by atoms with Crippen molar-refractivity contribution in [2.24, 2.45) is 5.92 Å². The Kier molecular flexibility index (Phi) is 5.18. The number of carbonyl (C=O) groups excluding carboxylic acids is 1. The summed E-state index contributed by atoms with van der Waals surface area (Å²) in [6.45, 7) is 0. The Bertz CT molecular complexity index is 821. The maximum absolute atomic E-state index is 12.8. The number of Topliss-reactive ketones (excluding diaryl/α,β-unsaturated/α-hetero) is 1. The number of fused-ring (bicyclic) bond motifs is 1. The molecule has 0 radical (unpaired) electrons. The number of hydrogen-bond acceptors (Lipinski definition) is 4. The van der Waals surface area contributed by atoms with Crippen molar-refractivity contribution in [1.82, 2.24) is 4.72 Å². The van der Waals surface area contributed by atoms with Gasteiger partial charge in [0.2, 0.25) is 10.0 Å². The number of aryl methyl sites for hydroxylation is 1. The van der Waals surface area contributed by atoms with E-state index in [4.69, 9.17) is 11.6 Å². The highest BCUT2D eigenvalue weighted by atomic mass is 35.5. The number of carboxylic acids is 1. The van der Waals surface area contributed by atoms with Crippen LogP contribution in [0, 0.1) is 5.92 Å². The number of sulfonamides is 1. The van der Waals surface area contributed by atoms with Crippen LogP contribution in [-0.4, -0.2) is 31.3 Å². The van der Waals surface area contributed by atoms with Gasteiger partial charge in [-0.15, -0.1) is 0 Å². The van der Waals surface area contributed by atoms with E-state index in [9.17, 15) is 23.1 Å². The molecule has 1 aromatic rings. The Hall–Kier alpha value is -1.44. The van der Waals surface area contributed by atoms with Crippen LogP contribution in [0.4, 0.5) is 0 Å². The summed E-state index contributed by atoms with van der Waals surface area (Å²) < 4.78 is 28.1. The van der Waals surface area contributed by atoms with Crippen molar-refractivity contribution in [1.29, 1.82) is 0 Å². The zero-order chi connectivity index (χ0) is 18.2. The second-order valence-electron chi connectivity index (χ2n) is 6.67. The number of hydrogen-bond donors (Lipinski definition) is 2. The van der Waals surface area contributed by atoms with Crippen LogP contribution < -0.4 is 4.72 Å². The molecule has 6 nitrogen and oxygen atoms in total. The van der Waals surface area contributed by atoms with E-state index in [-0.39, 0.29) is 15.7 Å². The minimum atomic E-state index is -4.02. The lowest BCUT2D eigenvalue weighted by Crippen LogP contribution is -2.42. The molecule has 3 rings (SSSR count). The molecule has 25 heavy (non-hydrogen) atoms. The van der Waals surface area contributed by atoms with Crippen molar-refractivity contribution in [2.45, 2.75) is 55.9 Å². The van der Waals surface area contributed by atoms with Crippen LogP contribution >= 0.6 is 11.6 Å². The number of rotatable bonds is 4. The molecule has 0 aliphatic heterocycles. The Labute approximate surface area is 151 Å². The molecule has 8 heteroatoms. The van der Waals surface area contributed by atoms with Crippen LogP contribution in [0.25, 0.3) is 0 Å². The zero-order valence-corrected chi connectivity index (χ0v) is 15.2. The summed E-state index contributed by atoms with van der Waals surface area (Å²) >= 11 is 6.14. The first-order chi connectivity index (χ1) is 11.8. The van der Waals surface area contributed by atoms with Crippen molar-refractivity contribution >= 4 is 33.4 Å². The quantitative estimate of drug-likeness (QED) is 0.776. The number of ketones is 1. The van der Waals surface area contributed by atoms with Crippen molar-refractivity contribution < 1.29 is 23.1 Å². The molecule has 1 saturated carbocycles. The first-order valence-electron chi connectivity index (χ1n) is 8.40. The Morgan fingerprint density at radius 3 is 2.60 bits per heavy atom. The minimum absolute atomic E-state index is 0.0569. The third kappa shape index (κ3) is 3.73. The van der Waals surface area contributed by atoms with Gasteiger partial charge in [-0.1, -0.05) is 30.9 Å². The molecule has 2 N–H and O–H groups in total. The maximum Gasteiger partial charge on any atom is 0.308 e. The SMILES string of the molecule is O=C1CCc2cc(Cl)c(S(=O)(=O)N[C@H]3CCCCC[C@H]3C(=O)O)cc21. The van der Waals surface area contributed by atoms with Gasteiger partial charge in [0.05, 0.1) is 10.9 Å². The van der Waals surface area contributed by atoms with Crippen molar-refractivity contribution in [3.05, 3.63) is 28.3 Å². The summed E-state index contributed by atoms with van der Waals surface area (Å²) in [7, 11) is -4.02. The number of halogens is 1. The highest BCUT2D eigenvalue weighted by Crippen LogP contribution is 2.32. The topological polar surface area (TPSA) is 101 Å². The van der Waals surface area contributed by atoms with E-state index in [1.54, 1.807) is 0 Å². The van der Waals surface area contributed by atoms with Crippen molar-refractivity contribution in [3.8, 4) is 0 Å². The van der Waals surface area contributed by atoms with Gasteiger partial charge in [-0.05, 0) is 37.0 Å². The number of aliphatic carboxylic acids is 1.